The second-order valence-electron chi connectivity index (χ2n) is 3.71. The Bertz CT molecular complexity index is 686. The minimum Gasteiger partial charge on any atom is -0.392 e. The van der Waals surface area contributed by atoms with Gasteiger partial charge in [0.1, 0.15) is 5.51 Å². The summed E-state index contributed by atoms with van der Waals surface area (Å²) in [7, 11) is -3.75. The second kappa shape index (κ2) is 5.53. The molecule has 2 aromatic rings. The van der Waals surface area contributed by atoms with Crippen molar-refractivity contribution in [2.75, 3.05) is 4.72 Å². The van der Waals surface area contributed by atoms with Crippen LogP contribution < -0.4 is 4.72 Å². The highest BCUT2D eigenvalue weighted by atomic mass is 79.9. The van der Waals surface area contributed by atoms with Crippen molar-refractivity contribution in [3.63, 3.8) is 0 Å². The maximum atomic E-state index is 12.3. The molecule has 0 spiro atoms. The van der Waals surface area contributed by atoms with E-state index in [0.717, 1.165) is 11.3 Å². The SMILES string of the molecule is Cc1c(Br)cc(CO)cc1S(=O)(=O)Nc1nncs1. The van der Waals surface area contributed by atoms with Gasteiger partial charge >= 0.3 is 0 Å². The largest absolute Gasteiger partial charge is 0.392 e. The van der Waals surface area contributed by atoms with Gasteiger partial charge in [0.25, 0.3) is 10.0 Å². The van der Waals surface area contributed by atoms with E-state index in [1.165, 1.54) is 11.6 Å². The van der Waals surface area contributed by atoms with Gasteiger partial charge < -0.3 is 5.11 Å². The van der Waals surface area contributed by atoms with Crippen LogP contribution in [0.25, 0.3) is 0 Å². The van der Waals surface area contributed by atoms with Crippen molar-refractivity contribution in [2.24, 2.45) is 0 Å². The Morgan fingerprint density at radius 3 is 2.79 bits per heavy atom. The van der Waals surface area contributed by atoms with Crippen molar-refractivity contribution in [1.82, 2.24) is 10.2 Å². The number of anilines is 1. The molecule has 2 N–H and O–H groups in total. The Morgan fingerprint density at radius 2 is 2.21 bits per heavy atom. The van der Waals surface area contributed by atoms with Crippen LogP contribution in [0.15, 0.2) is 27.0 Å². The Morgan fingerprint density at radius 1 is 1.47 bits per heavy atom. The Kier molecular flexibility index (Phi) is 4.19. The van der Waals surface area contributed by atoms with E-state index >= 15 is 0 Å². The molecule has 0 aliphatic carbocycles. The third-order valence-electron chi connectivity index (χ3n) is 2.41. The van der Waals surface area contributed by atoms with Gasteiger partial charge in [-0.2, -0.15) is 0 Å². The molecule has 2 rings (SSSR count). The molecule has 0 saturated heterocycles. The number of rotatable bonds is 4. The summed E-state index contributed by atoms with van der Waals surface area (Å²) in [5.41, 5.74) is 2.51. The number of aliphatic hydroxyl groups excluding tert-OH is 1. The van der Waals surface area contributed by atoms with E-state index in [-0.39, 0.29) is 16.6 Å². The number of hydrogen-bond acceptors (Lipinski definition) is 6. The lowest BCUT2D eigenvalue weighted by molar-refractivity contribution is 0.281. The molecule has 1 aromatic carbocycles. The third kappa shape index (κ3) is 3.11. The van der Waals surface area contributed by atoms with Crippen LogP contribution in [0.3, 0.4) is 0 Å². The highest BCUT2D eigenvalue weighted by Crippen LogP contribution is 2.27. The minimum atomic E-state index is -3.75. The molecule has 102 valence electrons. The van der Waals surface area contributed by atoms with E-state index in [4.69, 9.17) is 5.11 Å². The molecule has 0 bridgehead atoms. The molecule has 1 heterocycles. The molecule has 6 nitrogen and oxygen atoms in total. The van der Waals surface area contributed by atoms with Gasteiger partial charge in [0.15, 0.2) is 0 Å². The van der Waals surface area contributed by atoms with Gasteiger partial charge in [-0.3, -0.25) is 4.72 Å². The quantitative estimate of drug-likeness (QED) is 0.865. The lowest BCUT2D eigenvalue weighted by atomic mass is 10.2. The van der Waals surface area contributed by atoms with Crippen molar-refractivity contribution >= 4 is 42.4 Å². The maximum Gasteiger partial charge on any atom is 0.264 e. The van der Waals surface area contributed by atoms with Gasteiger partial charge in [-0.25, -0.2) is 8.42 Å². The fourth-order valence-electron chi connectivity index (χ4n) is 1.46. The van der Waals surface area contributed by atoms with Crippen LogP contribution in [0, 0.1) is 6.92 Å². The molecule has 0 saturated carbocycles. The van der Waals surface area contributed by atoms with E-state index < -0.39 is 10.0 Å². The predicted octanol–water partition coefficient (Wildman–Crippen LogP) is 1.90. The standard InChI is InChI=1S/C10H10BrN3O3S2/c1-6-8(11)2-7(4-15)3-9(6)19(16,17)14-10-13-12-5-18-10/h2-3,5,15H,4H2,1H3,(H,13,14). The first-order chi connectivity index (χ1) is 8.94. The Hall–Kier alpha value is -1.03. The summed E-state index contributed by atoms with van der Waals surface area (Å²) in [4.78, 5) is 0.0983. The number of halogens is 1. The van der Waals surface area contributed by atoms with Crippen molar-refractivity contribution in [2.45, 2.75) is 18.4 Å². The zero-order valence-electron chi connectivity index (χ0n) is 9.79. The van der Waals surface area contributed by atoms with Crippen molar-refractivity contribution in [1.29, 1.82) is 0 Å². The topological polar surface area (TPSA) is 92.2 Å². The number of sulfonamides is 1. The predicted molar refractivity (Wildman–Crippen MR) is 75.5 cm³/mol. The van der Waals surface area contributed by atoms with Gasteiger partial charge in [0, 0.05) is 4.47 Å². The van der Waals surface area contributed by atoms with E-state index in [1.807, 2.05) is 0 Å². The van der Waals surface area contributed by atoms with Crippen LogP contribution in [0.4, 0.5) is 5.13 Å². The number of hydrogen-bond donors (Lipinski definition) is 2. The number of nitrogens with one attached hydrogen (secondary N) is 1. The summed E-state index contributed by atoms with van der Waals surface area (Å²) >= 11 is 4.37. The van der Waals surface area contributed by atoms with E-state index in [0.29, 0.717) is 15.6 Å². The van der Waals surface area contributed by atoms with Crippen LogP contribution in [0.2, 0.25) is 0 Å². The monoisotopic (exact) mass is 363 g/mol. The van der Waals surface area contributed by atoms with Gasteiger partial charge in [0.05, 0.1) is 11.5 Å². The molecule has 0 aliphatic heterocycles. The van der Waals surface area contributed by atoms with Crippen molar-refractivity contribution in [3.05, 3.63) is 33.2 Å². The summed E-state index contributed by atoms with van der Waals surface area (Å²) < 4.78 is 27.5. The average Bonchev–Trinajstić information content (AvgIpc) is 2.84. The zero-order chi connectivity index (χ0) is 14.0. The van der Waals surface area contributed by atoms with Crippen LogP contribution in [-0.2, 0) is 16.6 Å². The number of benzene rings is 1. The highest BCUT2D eigenvalue weighted by Gasteiger charge is 2.20. The minimum absolute atomic E-state index is 0.0983. The molecular weight excluding hydrogens is 354 g/mol. The first kappa shape index (κ1) is 14.4. The van der Waals surface area contributed by atoms with Gasteiger partial charge in [-0.05, 0) is 30.2 Å². The first-order valence-corrected chi connectivity index (χ1v) is 8.28. The van der Waals surface area contributed by atoms with E-state index in [2.05, 4.69) is 30.8 Å². The van der Waals surface area contributed by atoms with E-state index in [1.54, 1.807) is 13.0 Å². The van der Waals surface area contributed by atoms with Crippen LogP contribution in [-0.4, -0.2) is 23.7 Å². The molecule has 0 fully saturated rings. The number of nitrogens with zero attached hydrogens (tertiary/aromatic N) is 2. The number of aliphatic hydroxyl groups is 1. The number of aromatic nitrogens is 2. The second-order valence-corrected chi connectivity index (χ2v) is 7.05. The Labute approximate surface area is 122 Å². The maximum absolute atomic E-state index is 12.3. The summed E-state index contributed by atoms with van der Waals surface area (Å²) in [5.74, 6) is 0. The lowest BCUT2D eigenvalue weighted by Crippen LogP contribution is -2.15. The van der Waals surface area contributed by atoms with Crippen molar-refractivity contribution < 1.29 is 13.5 Å². The third-order valence-corrected chi connectivity index (χ3v) is 5.43. The molecular formula is C10H10BrN3O3S2. The highest BCUT2D eigenvalue weighted by molar-refractivity contribution is 9.10. The fraction of sp³-hybridized carbons (Fsp3) is 0.200. The summed E-state index contributed by atoms with van der Waals surface area (Å²) in [6, 6.07) is 3.11. The molecule has 9 heteroatoms. The van der Waals surface area contributed by atoms with Crippen LogP contribution >= 0.6 is 27.3 Å². The van der Waals surface area contributed by atoms with Crippen LogP contribution in [0.5, 0.6) is 0 Å². The smallest absolute Gasteiger partial charge is 0.264 e. The summed E-state index contributed by atoms with van der Waals surface area (Å²) in [6.07, 6.45) is 0. The fourth-order valence-corrected chi connectivity index (χ4v) is 4.11. The molecule has 0 amide bonds. The normalized spacial score (nSPS) is 11.5. The van der Waals surface area contributed by atoms with Gasteiger partial charge in [-0.15, -0.1) is 10.2 Å². The summed E-state index contributed by atoms with van der Waals surface area (Å²) in [5, 5.41) is 16.5. The molecule has 1 aromatic heterocycles. The Balaban J connectivity index is 2.48. The molecule has 0 aliphatic rings. The van der Waals surface area contributed by atoms with E-state index in [9.17, 15) is 8.42 Å². The van der Waals surface area contributed by atoms with Gasteiger partial charge in [0.2, 0.25) is 5.13 Å². The molecule has 0 unspecified atom stereocenters. The first-order valence-electron chi connectivity index (χ1n) is 5.13. The average molecular weight is 364 g/mol. The van der Waals surface area contributed by atoms with Crippen molar-refractivity contribution in [3.8, 4) is 0 Å². The molecule has 0 atom stereocenters. The van der Waals surface area contributed by atoms with Crippen LogP contribution in [0.1, 0.15) is 11.1 Å². The zero-order valence-corrected chi connectivity index (χ0v) is 13.0. The summed E-state index contributed by atoms with van der Waals surface area (Å²) in [6.45, 7) is 1.44. The molecule has 19 heavy (non-hydrogen) atoms. The molecule has 0 radical (unpaired) electrons. The van der Waals surface area contributed by atoms with Gasteiger partial charge in [-0.1, -0.05) is 27.3 Å². The lowest BCUT2D eigenvalue weighted by Gasteiger charge is -2.11.